The van der Waals surface area contributed by atoms with E-state index in [2.05, 4.69) is 13.8 Å². The average Bonchev–Trinajstić information content (AvgIpc) is 2.89. The number of rotatable bonds is 8. The maximum absolute atomic E-state index is 13.4. The van der Waals surface area contributed by atoms with Gasteiger partial charge in [0.25, 0.3) is 0 Å². The molecular weight excluding hydrogens is 500 g/mol. The summed E-state index contributed by atoms with van der Waals surface area (Å²) in [6.07, 6.45) is 8.63. The van der Waals surface area contributed by atoms with Crippen molar-refractivity contribution in [1.29, 1.82) is 0 Å². The fourth-order valence-electron chi connectivity index (χ4n) is 7.00. The molecule has 214 valence electrons. The second kappa shape index (κ2) is 13.3. The van der Waals surface area contributed by atoms with E-state index < -0.39 is 24.0 Å². The number of methoxy groups -OCH3 is 2. The van der Waals surface area contributed by atoms with Crippen molar-refractivity contribution in [3.05, 3.63) is 46.1 Å². The summed E-state index contributed by atoms with van der Waals surface area (Å²) in [5.41, 5.74) is 3.99. The van der Waals surface area contributed by atoms with Crippen LogP contribution in [0.25, 0.3) is 0 Å². The van der Waals surface area contributed by atoms with Crippen LogP contribution in [-0.4, -0.2) is 50.8 Å². The first-order valence-corrected chi connectivity index (χ1v) is 13.9. The quantitative estimate of drug-likeness (QED) is 0.311. The first-order valence-electron chi connectivity index (χ1n) is 13.9. The van der Waals surface area contributed by atoms with Crippen LogP contribution in [-0.2, 0) is 38.1 Å². The standard InChI is InChI=1S/C31H42O8/c1-8-21-20(16-38-17(4)32)15-26(30(34)36-6)19-11-13-24(21)27-22(9-2)29(39-18(5)33)23(10-3)28(31(35)37-7)25(27)14-12-19/h12,14-15,22-24,27-29H,8-11,13,16H2,1-7H3/b19-12+,21-20+,25-14+,26-15+/t22?,23?,24?,27?,28?,29-/m1/s1. The van der Waals surface area contributed by atoms with Gasteiger partial charge in [-0.1, -0.05) is 44.1 Å². The number of carbonyl (C=O) groups excluding carboxylic acids is 4. The van der Waals surface area contributed by atoms with Crippen molar-refractivity contribution in [3.8, 4) is 0 Å². The van der Waals surface area contributed by atoms with Gasteiger partial charge in [0.05, 0.1) is 25.7 Å². The molecule has 0 saturated heterocycles. The lowest BCUT2D eigenvalue weighted by molar-refractivity contribution is -0.166. The molecule has 0 heterocycles. The summed E-state index contributed by atoms with van der Waals surface area (Å²) in [6.45, 7) is 8.94. The van der Waals surface area contributed by atoms with Crippen LogP contribution >= 0.6 is 0 Å². The molecule has 3 rings (SSSR count). The summed E-state index contributed by atoms with van der Waals surface area (Å²) in [6, 6.07) is 0. The number of carbonyl (C=O) groups is 4. The Balaban J connectivity index is 2.37. The Hall–Kier alpha value is -3.16. The number of allylic oxidation sites excluding steroid dienone is 3. The van der Waals surface area contributed by atoms with Gasteiger partial charge in [-0.3, -0.25) is 14.4 Å². The van der Waals surface area contributed by atoms with Gasteiger partial charge in [-0.15, -0.1) is 0 Å². The van der Waals surface area contributed by atoms with Crippen molar-refractivity contribution in [1.82, 2.24) is 0 Å². The second-order valence-corrected chi connectivity index (χ2v) is 10.5. The molecule has 1 fully saturated rings. The maximum atomic E-state index is 13.4. The molecule has 3 aliphatic carbocycles. The van der Waals surface area contributed by atoms with E-state index >= 15 is 0 Å². The van der Waals surface area contributed by atoms with Crippen LogP contribution in [0.4, 0.5) is 0 Å². The number of ether oxygens (including phenoxy) is 4. The second-order valence-electron chi connectivity index (χ2n) is 10.5. The first kappa shape index (κ1) is 30.4. The summed E-state index contributed by atoms with van der Waals surface area (Å²) >= 11 is 0. The Morgan fingerprint density at radius 3 is 2.15 bits per heavy atom. The minimum Gasteiger partial charge on any atom is -0.469 e. The third kappa shape index (κ3) is 6.20. The van der Waals surface area contributed by atoms with E-state index in [0.717, 1.165) is 28.7 Å². The average molecular weight is 543 g/mol. The Morgan fingerprint density at radius 2 is 1.62 bits per heavy atom. The molecule has 0 amide bonds. The van der Waals surface area contributed by atoms with E-state index in [4.69, 9.17) is 18.9 Å². The molecule has 8 heteroatoms. The van der Waals surface area contributed by atoms with Crippen molar-refractivity contribution in [2.24, 2.45) is 29.6 Å². The zero-order chi connectivity index (χ0) is 28.9. The lowest BCUT2D eigenvalue weighted by Gasteiger charge is -2.50. The molecule has 0 N–H and O–H groups in total. The third-order valence-corrected chi connectivity index (χ3v) is 8.55. The van der Waals surface area contributed by atoms with E-state index in [0.29, 0.717) is 31.3 Å². The highest BCUT2D eigenvalue weighted by atomic mass is 16.5. The fourth-order valence-corrected chi connectivity index (χ4v) is 7.00. The topological polar surface area (TPSA) is 105 Å². The van der Waals surface area contributed by atoms with Gasteiger partial charge in [-0.05, 0) is 61.2 Å². The lowest BCUT2D eigenvalue weighted by Crippen LogP contribution is -2.52. The van der Waals surface area contributed by atoms with E-state index in [1.54, 1.807) is 6.08 Å². The number of hydrogen-bond acceptors (Lipinski definition) is 8. The van der Waals surface area contributed by atoms with Crippen LogP contribution < -0.4 is 0 Å². The van der Waals surface area contributed by atoms with Gasteiger partial charge in [0.1, 0.15) is 12.7 Å². The number of esters is 4. The molecule has 0 aliphatic heterocycles. The molecule has 8 nitrogen and oxygen atoms in total. The number of fused-ring (bicyclic) bond motifs is 5. The van der Waals surface area contributed by atoms with E-state index in [-0.39, 0.29) is 42.2 Å². The molecular formula is C31H42O8. The summed E-state index contributed by atoms with van der Waals surface area (Å²) in [4.78, 5) is 50.4. The minimum atomic E-state index is -0.602. The summed E-state index contributed by atoms with van der Waals surface area (Å²) in [5.74, 6) is -2.64. The third-order valence-electron chi connectivity index (χ3n) is 8.55. The van der Waals surface area contributed by atoms with Gasteiger partial charge in [-0.25, -0.2) is 4.79 Å². The maximum Gasteiger partial charge on any atom is 0.338 e. The normalized spacial score (nSPS) is 34.2. The van der Waals surface area contributed by atoms with Gasteiger partial charge < -0.3 is 18.9 Å². The van der Waals surface area contributed by atoms with Crippen LogP contribution in [0.1, 0.15) is 66.7 Å². The van der Waals surface area contributed by atoms with Crippen LogP contribution in [0, 0.1) is 29.6 Å². The van der Waals surface area contributed by atoms with E-state index in [9.17, 15) is 19.2 Å². The van der Waals surface area contributed by atoms with Crippen molar-refractivity contribution < 1.29 is 38.1 Å². The van der Waals surface area contributed by atoms with Gasteiger partial charge in [0.15, 0.2) is 0 Å². The Bertz CT molecular complexity index is 1110. The highest BCUT2D eigenvalue weighted by Gasteiger charge is 2.53. The smallest absolute Gasteiger partial charge is 0.338 e. The van der Waals surface area contributed by atoms with Crippen molar-refractivity contribution in [3.63, 3.8) is 0 Å². The fraction of sp³-hybridized carbons (Fsp3) is 0.613. The van der Waals surface area contributed by atoms with Gasteiger partial charge in [-0.2, -0.15) is 0 Å². The van der Waals surface area contributed by atoms with Crippen LogP contribution in [0.15, 0.2) is 46.1 Å². The summed E-state index contributed by atoms with van der Waals surface area (Å²) in [7, 11) is 2.73. The van der Waals surface area contributed by atoms with E-state index in [1.165, 1.54) is 28.1 Å². The molecule has 2 bridgehead atoms. The van der Waals surface area contributed by atoms with Gasteiger partial charge in [0.2, 0.25) is 0 Å². The molecule has 5 unspecified atom stereocenters. The monoisotopic (exact) mass is 542 g/mol. The molecule has 0 aromatic carbocycles. The van der Waals surface area contributed by atoms with Gasteiger partial charge in [0, 0.05) is 25.7 Å². The molecule has 0 aromatic rings. The summed E-state index contributed by atoms with van der Waals surface area (Å²) in [5, 5.41) is 0. The largest absolute Gasteiger partial charge is 0.469 e. The molecule has 3 aliphatic rings. The van der Waals surface area contributed by atoms with Crippen LogP contribution in [0.5, 0.6) is 0 Å². The van der Waals surface area contributed by atoms with Crippen LogP contribution in [0.2, 0.25) is 0 Å². The molecule has 0 spiro atoms. The Labute approximate surface area is 231 Å². The minimum absolute atomic E-state index is 0.0245. The Kier molecular flexibility index (Phi) is 10.3. The highest BCUT2D eigenvalue weighted by molar-refractivity contribution is 5.94. The van der Waals surface area contributed by atoms with Crippen molar-refractivity contribution >= 4 is 23.9 Å². The highest BCUT2D eigenvalue weighted by Crippen LogP contribution is 2.54. The van der Waals surface area contributed by atoms with Crippen LogP contribution in [0.3, 0.4) is 0 Å². The molecule has 0 aromatic heterocycles. The predicted molar refractivity (Wildman–Crippen MR) is 145 cm³/mol. The van der Waals surface area contributed by atoms with Crippen molar-refractivity contribution in [2.75, 3.05) is 20.8 Å². The zero-order valence-electron chi connectivity index (χ0n) is 24.2. The first-order chi connectivity index (χ1) is 18.6. The molecule has 1 saturated carbocycles. The molecule has 6 atom stereocenters. The summed E-state index contributed by atoms with van der Waals surface area (Å²) < 4.78 is 21.9. The molecule has 39 heavy (non-hydrogen) atoms. The lowest BCUT2D eigenvalue weighted by atomic mass is 9.55. The Morgan fingerprint density at radius 1 is 0.923 bits per heavy atom. The SMILES string of the molecule is CC/C1=C(COC(C)=O)/C=C(C(=O)OC)\C2=C\C=C3\C(C(=O)OC)C(CC)[C@H](OC(C)=O)C(CC)C3C1CC2. The zero-order valence-corrected chi connectivity index (χ0v) is 24.2. The van der Waals surface area contributed by atoms with Gasteiger partial charge >= 0.3 is 23.9 Å². The predicted octanol–water partition coefficient (Wildman–Crippen LogP) is 5.04. The molecule has 0 radical (unpaired) electrons. The number of hydrogen-bond donors (Lipinski definition) is 0. The van der Waals surface area contributed by atoms with Crippen molar-refractivity contribution in [2.45, 2.75) is 72.8 Å². The van der Waals surface area contributed by atoms with E-state index in [1.807, 2.05) is 19.1 Å².